The second kappa shape index (κ2) is 5.69. The molecule has 0 amide bonds. The second-order valence-electron chi connectivity index (χ2n) is 5.23. The van der Waals surface area contributed by atoms with Crippen molar-refractivity contribution in [3.05, 3.63) is 22.2 Å². The van der Waals surface area contributed by atoms with Crippen LogP contribution in [0, 0.1) is 0 Å². The molecule has 2 aliphatic rings. The highest BCUT2D eigenvalue weighted by Crippen LogP contribution is 2.38. The van der Waals surface area contributed by atoms with Crippen molar-refractivity contribution >= 4 is 15.9 Å². The molecule has 1 N–H and O–H groups in total. The first-order valence-electron chi connectivity index (χ1n) is 6.72. The molecule has 1 aromatic carbocycles. The summed E-state index contributed by atoms with van der Waals surface area (Å²) >= 11 is 3.55. The van der Waals surface area contributed by atoms with Gasteiger partial charge in [0, 0.05) is 19.1 Å². The van der Waals surface area contributed by atoms with Gasteiger partial charge in [-0.05, 0) is 53.6 Å². The summed E-state index contributed by atoms with van der Waals surface area (Å²) < 4.78 is 12.2. The number of ether oxygens (including phenoxy) is 2. The molecule has 0 bridgehead atoms. The van der Waals surface area contributed by atoms with Crippen molar-refractivity contribution in [3.63, 3.8) is 0 Å². The third-order valence-electron chi connectivity index (χ3n) is 3.64. The van der Waals surface area contributed by atoms with Crippen molar-refractivity contribution in [1.82, 2.24) is 10.2 Å². The van der Waals surface area contributed by atoms with Gasteiger partial charge >= 0.3 is 0 Å². The van der Waals surface area contributed by atoms with Gasteiger partial charge in [-0.3, -0.25) is 0 Å². The van der Waals surface area contributed by atoms with Crippen LogP contribution in [-0.2, 0) is 6.54 Å². The fraction of sp³-hybridized carbons (Fsp3) is 0.571. The molecule has 2 heterocycles. The normalized spacial score (nSPS) is 22.7. The van der Waals surface area contributed by atoms with Gasteiger partial charge in [0.2, 0.25) is 0 Å². The maximum Gasteiger partial charge on any atom is 0.175 e. The quantitative estimate of drug-likeness (QED) is 0.921. The Morgan fingerprint density at radius 1 is 1.37 bits per heavy atom. The molecule has 1 unspecified atom stereocenters. The summed E-state index contributed by atoms with van der Waals surface area (Å²) in [4.78, 5) is 2.36. The van der Waals surface area contributed by atoms with Crippen molar-refractivity contribution in [2.24, 2.45) is 0 Å². The third kappa shape index (κ3) is 3.04. The Kier molecular flexibility index (Phi) is 3.96. The zero-order valence-corrected chi connectivity index (χ0v) is 12.7. The Labute approximate surface area is 122 Å². The van der Waals surface area contributed by atoms with Crippen LogP contribution in [0.15, 0.2) is 16.6 Å². The lowest BCUT2D eigenvalue weighted by atomic mass is 10.1. The number of rotatable bonds is 3. The standard InChI is InChI=1S/C14H19BrN2O2/c1-17-3-2-11(9-17)16-8-10-6-12(15)14-13(7-10)18-4-5-19-14/h6-7,11,16H,2-5,8-9H2,1H3. The summed E-state index contributed by atoms with van der Waals surface area (Å²) in [6.07, 6.45) is 1.22. The van der Waals surface area contributed by atoms with Crippen LogP contribution in [-0.4, -0.2) is 44.3 Å². The Hall–Kier alpha value is -0.780. The minimum atomic E-state index is 0.594. The van der Waals surface area contributed by atoms with E-state index in [1.807, 2.05) is 0 Å². The summed E-state index contributed by atoms with van der Waals surface area (Å²) in [5.74, 6) is 1.68. The maximum atomic E-state index is 5.64. The number of hydrogen-bond acceptors (Lipinski definition) is 4. The first kappa shape index (κ1) is 13.2. The van der Waals surface area contributed by atoms with Crippen LogP contribution in [0.1, 0.15) is 12.0 Å². The van der Waals surface area contributed by atoms with Gasteiger partial charge in [0.05, 0.1) is 4.47 Å². The molecule has 104 valence electrons. The highest BCUT2D eigenvalue weighted by atomic mass is 79.9. The van der Waals surface area contributed by atoms with E-state index in [9.17, 15) is 0 Å². The van der Waals surface area contributed by atoms with Gasteiger partial charge in [-0.2, -0.15) is 0 Å². The molecule has 19 heavy (non-hydrogen) atoms. The molecule has 1 saturated heterocycles. The summed E-state index contributed by atoms with van der Waals surface area (Å²) in [6, 6.07) is 4.78. The number of hydrogen-bond donors (Lipinski definition) is 1. The number of benzene rings is 1. The minimum absolute atomic E-state index is 0.594. The average Bonchev–Trinajstić information content (AvgIpc) is 2.82. The predicted octanol–water partition coefficient (Wildman–Crippen LogP) is 2.01. The Balaban J connectivity index is 1.66. The smallest absolute Gasteiger partial charge is 0.175 e. The first-order chi connectivity index (χ1) is 9.22. The average molecular weight is 327 g/mol. The number of likely N-dealkylation sites (tertiary alicyclic amines) is 1. The zero-order valence-electron chi connectivity index (χ0n) is 11.1. The van der Waals surface area contributed by atoms with E-state index >= 15 is 0 Å². The molecule has 0 radical (unpaired) electrons. The van der Waals surface area contributed by atoms with Gasteiger partial charge < -0.3 is 19.7 Å². The van der Waals surface area contributed by atoms with Gasteiger partial charge in [0.15, 0.2) is 11.5 Å². The van der Waals surface area contributed by atoms with E-state index in [0.717, 1.165) is 29.1 Å². The van der Waals surface area contributed by atoms with Crippen LogP contribution in [0.4, 0.5) is 0 Å². The monoisotopic (exact) mass is 326 g/mol. The molecule has 0 saturated carbocycles. The molecule has 3 rings (SSSR count). The largest absolute Gasteiger partial charge is 0.486 e. The molecular weight excluding hydrogens is 308 g/mol. The molecule has 1 aromatic rings. The van der Waals surface area contributed by atoms with E-state index < -0.39 is 0 Å². The summed E-state index contributed by atoms with van der Waals surface area (Å²) in [7, 11) is 2.17. The fourth-order valence-corrected chi connectivity index (χ4v) is 3.23. The van der Waals surface area contributed by atoms with Crippen LogP contribution < -0.4 is 14.8 Å². The summed E-state index contributed by atoms with van der Waals surface area (Å²) in [6.45, 7) is 4.43. The Bertz CT molecular complexity index is 467. The van der Waals surface area contributed by atoms with Crippen molar-refractivity contribution in [3.8, 4) is 11.5 Å². The lowest BCUT2D eigenvalue weighted by Gasteiger charge is -2.21. The minimum Gasteiger partial charge on any atom is -0.486 e. The van der Waals surface area contributed by atoms with E-state index in [4.69, 9.17) is 9.47 Å². The Morgan fingerprint density at radius 2 is 2.21 bits per heavy atom. The molecule has 1 atom stereocenters. The molecule has 0 aromatic heterocycles. The molecule has 2 aliphatic heterocycles. The summed E-state index contributed by atoms with van der Waals surface area (Å²) in [5, 5.41) is 3.60. The van der Waals surface area contributed by atoms with Crippen LogP contribution in [0.2, 0.25) is 0 Å². The van der Waals surface area contributed by atoms with Crippen molar-refractivity contribution < 1.29 is 9.47 Å². The lowest BCUT2D eigenvalue weighted by molar-refractivity contribution is 0.170. The molecule has 4 nitrogen and oxygen atoms in total. The topological polar surface area (TPSA) is 33.7 Å². The van der Waals surface area contributed by atoms with E-state index in [1.54, 1.807) is 0 Å². The van der Waals surface area contributed by atoms with Crippen LogP contribution in [0.5, 0.6) is 11.5 Å². The number of fused-ring (bicyclic) bond motifs is 1. The van der Waals surface area contributed by atoms with Gasteiger partial charge in [0.25, 0.3) is 0 Å². The van der Waals surface area contributed by atoms with Gasteiger partial charge in [-0.15, -0.1) is 0 Å². The Morgan fingerprint density at radius 3 is 3.00 bits per heavy atom. The SMILES string of the molecule is CN1CCC(NCc2cc(Br)c3c(c2)OCCO3)C1. The van der Waals surface area contributed by atoms with Crippen LogP contribution >= 0.6 is 15.9 Å². The number of likely N-dealkylation sites (N-methyl/N-ethyl adjacent to an activating group) is 1. The lowest BCUT2D eigenvalue weighted by Crippen LogP contribution is -2.31. The first-order valence-corrected chi connectivity index (χ1v) is 7.51. The fourth-order valence-electron chi connectivity index (χ4n) is 2.63. The zero-order chi connectivity index (χ0) is 13.2. The van der Waals surface area contributed by atoms with Crippen molar-refractivity contribution in [1.29, 1.82) is 0 Å². The van der Waals surface area contributed by atoms with E-state index in [0.29, 0.717) is 19.3 Å². The van der Waals surface area contributed by atoms with Crippen molar-refractivity contribution in [2.75, 3.05) is 33.4 Å². The molecule has 0 aliphatic carbocycles. The molecule has 0 spiro atoms. The van der Waals surface area contributed by atoms with E-state index in [1.165, 1.54) is 18.5 Å². The number of nitrogens with zero attached hydrogens (tertiary/aromatic N) is 1. The van der Waals surface area contributed by atoms with Gasteiger partial charge in [-0.25, -0.2) is 0 Å². The third-order valence-corrected chi connectivity index (χ3v) is 4.23. The second-order valence-corrected chi connectivity index (χ2v) is 6.08. The number of halogens is 1. The van der Waals surface area contributed by atoms with Gasteiger partial charge in [0.1, 0.15) is 13.2 Å². The predicted molar refractivity (Wildman–Crippen MR) is 77.9 cm³/mol. The molecule has 1 fully saturated rings. The van der Waals surface area contributed by atoms with Gasteiger partial charge in [-0.1, -0.05) is 0 Å². The van der Waals surface area contributed by atoms with Crippen LogP contribution in [0.3, 0.4) is 0 Å². The van der Waals surface area contributed by atoms with E-state index in [2.05, 4.69) is 45.3 Å². The maximum absolute atomic E-state index is 5.64. The highest BCUT2D eigenvalue weighted by Gasteiger charge is 2.20. The number of nitrogens with one attached hydrogen (secondary N) is 1. The molecular formula is C14H19BrN2O2. The molecule has 5 heteroatoms. The van der Waals surface area contributed by atoms with Crippen LogP contribution in [0.25, 0.3) is 0 Å². The van der Waals surface area contributed by atoms with Crippen molar-refractivity contribution in [2.45, 2.75) is 19.0 Å². The highest BCUT2D eigenvalue weighted by molar-refractivity contribution is 9.10. The summed E-state index contributed by atoms with van der Waals surface area (Å²) in [5.41, 5.74) is 1.23. The van der Waals surface area contributed by atoms with E-state index in [-0.39, 0.29) is 0 Å².